The molecule has 0 saturated heterocycles. The molecule has 1 aliphatic rings. The number of oxime groups is 1. The van der Waals surface area contributed by atoms with E-state index in [0.717, 1.165) is 19.3 Å². The second kappa shape index (κ2) is 7.60. The molecule has 0 radical (unpaired) electrons. The quantitative estimate of drug-likeness (QED) is 0.373. The summed E-state index contributed by atoms with van der Waals surface area (Å²) in [6.45, 7) is 4.96. The third-order valence-electron chi connectivity index (χ3n) is 3.84. The molecular weight excluding hydrogens is 290 g/mol. The lowest BCUT2D eigenvalue weighted by Crippen LogP contribution is -2.56. The van der Waals surface area contributed by atoms with Crippen LogP contribution in [0.5, 0.6) is 0 Å². The van der Waals surface area contributed by atoms with E-state index in [0.29, 0.717) is 6.42 Å². The van der Waals surface area contributed by atoms with Gasteiger partial charge in [-0.3, -0.25) is 0 Å². The van der Waals surface area contributed by atoms with Crippen molar-refractivity contribution >= 4 is 11.7 Å². The number of ether oxygens (including phenoxy) is 1. The number of allylic oxidation sites excluding steroid dienone is 1. The highest BCUT2D eigenvalue weighted by molar-refractivity contribution is 6.04. The minimum Gasteiger partial charge on any atom is -0.485 e. The van der Waals surface area contributed by atoms with Crippen molar-refractivity contribution in [2.24, 2.45) is 5.16 Å². The number of hydrogen-bond acceptors (Lipinski definition) is 6. The van der Waals surface area contributed by atoms with Gasteiger partial charge in [-0.2, -0.15) is 0 Å². The Balaban J connectivity index is 3.20. The molecule has 0 unspecified atom stereocenters. The van der Waals surface area contributed by atoms with Crippen LogP contribution in [0.25, 0.3) is 0 Å². The number of nitrogens with zero attached hydrogens (tertiary/aromatic N) is 1. The Labute approximate surface area is 130 Å². The Morgan fingerprint density at radius 1 is 1.45 bits per heavy atom. The van der Waals surface area contributed by atoms with Gasteiger partial charge in [0.15, 0.2) is 5.76 Å². The number of carboxylic acids is 1. The summed E-state index contributed by atoms with van der Waals surface area (Å²) in [7, 11) is 1.33. The highest BCUT2D eigenvalue weighted by Crippen LogP contribution is 2.35. The van der Waals surface area contributed by atoms with Crippen LogP contribution in [0.4, 0.5) is 0 Å². The van der Waals surface area contributed by atoms with Gasteiger partial charge >= 0.3 is 5.97 Å². The summed E-state index contributed by atoms with van der Waals surface area (Å²) < 4.78 is 5.68. The maximum absolute atomic E-state index is 11.4. The lowest BCUT2D eigenvalue weighted by Gasteiger charge is -2.42. The molecule has 0 amide bonds. The summed E-state index contributed by atoms with van der Waals surface area (Å²) in [5, 5.41) is 33.8. The molecule has 1 heterocycles. The molecule has 0 fully saturated rings. The van der Waals surface area contributed by atoms with Crippen LogP contribution in [-0.4, -0.2) is 51.9 Å². The first kappa shape index (κ1) is 18.4. The average molecular weight is 315 g/mol. The molecule has 22 heavy (non-hydrogen) atoms. The molecule has 1 rings (SSSR count). The van der Waals surface area contributed by atoms with Crippen molar-refractivity contribution in [1.29, 1.82) is 0 Å². The van der Waals surface area contributed by atoms with Crippen molar-refractivity contribution in [1.82, 2.24) is 0 Å². The third kappa shape index (κ3) is 3.78. The second-order valence-electron chi connectivity index (χ2n) is 5.64. The molecule has 0 aliphatic carbocycles. The Kier molecular flexibility index (Phi) is 6.37. The zero-order chi connectivity index (χ0) is 16.9. The number of carbonyl (C=O) groups is 1. The van der Waals surface area contributed by atoms with Crippen LogP contribution in [0.15, 0.2) is 16.5 Å². The van der Waals surface area contributed by atoms with Crippen molar-refractivity contribution in [2.75, 3.05) is 7.11 Å². The van der Waals surface area contributed by atoms with Crippen LogP contribution in [0, 0.1) is 0 Å². The van der Waals surface area contributed by atoms with Gasteiger partial charge in [0, 0.05) is 0 Å². The molecule has 0 spiro atoms. The van der Waals surface area contributed by atoms with Gasteiger partial charge in [0.2, 0.25) is 0 Å². The molecule has 0 aromatic carbocycles. The minimum absolute atomic E-state index is 0.0464. The summed E-state index contributed by atoms with van der Waals surface area (Å²) >= 11 is 0. The lowest BCUT2D eigenvalue weighted by atomic mass is 9.82. The smallest absolute Gasteiger partial charge is 0.338 e. The molecule has 3 N–H and O–H groups in total. The molecule has 126 valence electrons. The van der Waals surface area contributed by atoms with Crippen LogP contribution in [0.1, 0.15) is 46.5 Å². The molecule has 0 saturated carbocycles. The predicted octanol–water partition coefficient (Wildman–Crippen LogP) is 1.44. The van der Waals surface area contributed by atoms with Gasteiger partial charge in [-0.05, 0) is 26.7 Å². The van der Waals surface area contributed by atoms with Gasteiger partial charge < -0.3 is 24.9 Å². The number of aliphatic hydroxyl groups excluding tert-OH is 1. The highest BCUT2D eigenvalue weighted by atomic mass is 16.6. The van der Waals surface area contributed by atoms with Gasteiger partial charge in [-0.25, -0.2) is 4.79 Å². The van der Waals surface area contributed by atoms with Crippen LogP contribution in [-0.2, 0) is 14.4 Å². The average Bonchev–Trinajstić information content (AvgIpc) is 2.43. The van der Waals surface area contributed by atoms with E-state index in [9.17, 15) is 20.1 Å². The fraction of sp³-hybridized carbons (Fsp3) is 0.733. The largest absolute Gasteiger partial charge is 0.485 e. The van der Waals surface area contributed by atoms with Crippen LogP contribution >= 0.6 is 0 Å². The van der Waals surface area contributed by atoms with Gasteiger partial charge in [0.05, 0.1) is 0 Å². The van der Waals surface area contributed by atoms with E-state index < -0.39 is 29.4 Å². The summed E-state index contributed by atoms with van der Waals surface area (Å²) in [5.41, 5.74) is -1.89. The molecule has 1 aliphatic heterocycles. The Bertz CT molecular complexity index is 469. The van der Waals surface area contributed by atoms with E-state index >= 15 is 0 Å². The maximum Gasteiger partial charge on any atom is 0.338 e. The number of carboxylic acid groups (broad SMARTS) is 1. The number of aliphatic hydroxyl groups is 2. The summed E-state index contributed by atoms with van der Waals surface area (Å²) in [5.74, 6) is -1.41. The van der Waals surface area contributed by atoms with Crippen molar-refractivity contribution in [3.8, 4) is 0 Å². The molecule has 7 nitrogen and oxygen atoms in total. The van der Waals surface area contributed by atoms with E-state index in [1.165, 1.54) is 21.0 Å². The van der Waals surface area contributed by atoms with E-state index in [4.69, 9.17) is 4.74 Å². The van der Waals surface area contributed by atoms with Crippen molar-refractivity contribution in [3.63, 3.8) is 0 Å². The van der Waals surface area contributed by atoms with Gasteiger partial charge in [0.1, 0.15) is 36.2 Å². The highest BCUT2D eigenvalue weighted by Gasteiger charge is 2.50. The SMILES string of the molecule is CCCCC[C@@H]1OC(/C(C)=N/OC)=C(C(=O)O)[C@H](O)[C@@]1(C)O. The molecule has 0 aromatic heterocycles. The summed E-state index contributed by atoms with van der Waals surface area (Å²) in [6.07, 6.45) is 0.998. The van der Waals surface area contributed by atoms with E-state index in [2.05, 4.69) is 16.9 Å². The summed E-state index contributed by atoms with van der Waals surface area (Å²) in [4.78, 5) is 16.1. The standard InChI is InChI=1S/C15H25NO6/c1-5-6-7-8-10-15(3,20)13(17)11(14(18)19)12(22-10)9(2)16-21-4/h10,13,17,20H,5-8H2,1-4H3,(H,18,19)/b16-9+/t10-,13-,15-/m0/s1. The molecule has 7 heteroatoms. The normalized spacial score (nSPS) is 29.3. The van der Waals surface area contributed by atoms with Gasteiger partial charge in [-0.1, -0.05) is 24.9 Å². The Hall–Kier alpha value is -1.60. The Morgan fingerprint density at radius 2 is 2.09 bits per heavy atom. The van der Waals surface area contributed by atoms with Crippen LogP contribution in [0.2, 0.25) is 0 Å². The molecule has 3 atom stereocenters. The van der Waals surface area contributed by atoms with Gasteiger partial charge in [-0.15, -0.1) is 0 Å². The number of hydrogen-bond donors (Lipinski definition) is 3. The van der Waals surface area contributed by atoms with Crippen molar-refractivity contribution in [2.45, 2.75) is 64.3 Å². The van der Waals surface area contributed by atoms with E-state index in [1.54, 1.807) is 0 Å². The lowest BCUT2D eigenvalue weighted by molar-refractivity contribution is -0.159. The first-order valence-corrected chi connectivity index (χ1v) is 7.40. The maximum atomic E-state index is 11.4. The molecule has 0 bridgehead atoms. The molecular formula is C15H25NO6. The van der Waals surface area contributed by atoms with E-state index in [-0.39, 0.29) is 11.5 Å². The third-order valence-corrected chi connectivity index (χ3v) is 3.84. The first-order valence-electron chi connectivity index (χ1n) is 7.40. The second-order valence-corrected chi connectivity index (χ2v) is 5.64. The van der Waals surface area contributed by atoms with E-state index in [1.807, 2.05) is 0 Å². The van der Waals surface area contributed by atoms with Crippen molar-refractivity contribution in [3.05, 3.63) is 11.3 Å². The first-order chi connectivity index (χ1) is 10.3. The number of rotatable bonds is 7. The predicted molar refractivity (Wildman–Crippen MR) is 80.4 cm³/mol. The zero-order valence-electron chi connectivity index (χ0n) is 13.5. The van der Waals surface area contributed by atoms with Crippen molar-refractivity contribution < 1.29 is 29.7 Å². The Morgan fingerprint density at radius 3 is 2.59 bits per heavy atom. The van der Waals surface area contributed by atoms with Gasteiger partial charge in [0.25, 0.3) is 0 Å². The monoisotopic (exact) mass is 315 g/mol. The fourth-order valence-corrected chi connectivity index (χ4v) is 2.52. The van der Waals surface area contributed by atoms with Crippen LogP contribution in [0.3, 0.4) is 0 Å². The fourth-order valence-electron chi connectivity index (χ4n) is 2.52. The molecule has 0 aromatic rings. The number of aliphatic carboxylic acids is 1. The summed E-state index contributed by atoms with van der Waals surface area (Å²) in [6, 6.07) is 0. The zero-order valence-corrected chi connectivity index (χ0v) is 13.5. The topological polar surface area (TPSA) is 109 Å². The minimum atomic E-state index is -1.68. The van der Waals surface area contributed by atoms with Crippen LogP contribution < -0.4 is 0 Å². The number of unbranched alkanes of at least 4 members (excludes halogenated alkanes) is 2.